The molecule has 0 bridgehead atoms. The van der Waals surface area contributed by atoms with Crippen LogP contribution >= 0.6 is 0 Å². The van der Waals surface area contributed by atoms with Gasteiger partial charge in [0.05, 0.1) is 18.6 Å². The van der Waals surface area contributed by atoms with Gasteiger partial charge in [0.25, 0.3) is 11.2 Å². The molecule has 0 saturated carbocycles. The van der Waals surface area contributed by atoms with Gasteiger partial charge in [0.15, 0.2) is 0 Å². The summed E-state index contributed by atoms with van der Waals surface area (Å²) in [5.41, 5.74) is 0.353. The fraction of sp³-hybridized carbons (Fsp3) is 0.250. The molecule has 0 aliphatic rings. The lowest BCUT2D eigenvalue weighted by molar-refractivity contribution is -0.384. The second kappa shape index (κ2) is 6.95. The highest BCUT2D eigenvalue weighted by atomic mass is 16.6. The molecular weight excluding hydrogens is 316 g/mol. The predicted molar refractivity (Wildman–Crippen MR) is 85.3 cm³/mol. The number of benzene rings is 1. The molecule has 8 heteroatoms. The van der Waals surface area contributed by atoms with Gasteiger partial charge < -0.3 is 9.84 Å². The first-order chi connectivity index (χ1) is 11.4. The highest BCUT2D eigenvalue weighted by molar-refractivity contribution is 5.93. The standard InChI is InChI=1S/C16H16N2O6/c1-3-11-8-13(19)17(15(20)14(11)16(21)24-2)9-10-4-6-12(7-5-10)18(22)23/h4-8,20H,3,9H2,1-2H3. The Morgan fingerprint density at radius 3 is 2.46 bits per heavy atom. The molecule has 126 valence electrons. The molecule has 2 aromatic rings. The maximum absolute atomic E-state index is 12.2. The summed E-state index contributed by atoms with van der Waals surface area (Å²) in [7, 11) is 1.19. The van der Waals surface area contributed by atoms with Crippen molar-refractivity contribution in [2.24, 2.45) is 0 Å². The Hall–Kier alpha value is -3.16. The van der Waals surface area contributed by atoms with E-state index in [4.69, 9.17) is 0 Å². The molecule has 2 rings (SSSR count). The van der Waals surface area contributed by atoms with Crippen LogP contribution in [-0.4, -0.2) is 27.7 Å². The normalized spacial score (nSPS) is 10.4. The van der Waals surface area contributed by atoms with E-state index >= 15 is 0 Å². The van der Waals surface area contributed by atoms with Gasteiger partial charge in [-0.15, -0.1) is 0 Å². The third-order valence-electron chi connectivity index (χ3n) is 3.62. The maximum Gasteiger partial charge on any atom is 0.343 e. The van der Waals surface area contributed by atoms with E-state index in [1.807, 2.05) is 0 Å². The maximum atomic E-state index is 12.2. The van der Waals surface area contributed by atoms with Gasteiger partial charge in [-0.3, -0.25) is 19.5 Å². The van der Waals surface area contributed by atoms with Gasteiger partial charge in [-0.25, -0.2) is 4.79 Å². The summed E-state index contributed by atoms with van der Waals surface area (Å²) in [6.45, 7) is 1.72. The van der Waals surface area contributed by atoms with Crippen molar-refractivity contribution in [1.82, 2.24) is 4.57 Å². The number of nitro groups is 1. The first-order valence-corrected chi connectivity index (χ1v) is 7.16. The summed E-state index contributed by atoms with van der Waals surface area (Å²) in [5, 5.41) is 21.0. The molecule has 1 heterocycles. The first-order valence-electron chi connectivity index (χ1n) is 7.16. The number of nitro benzene ring substituents is 1. The van der Waals surface area contributed by atoms with Gasteiger partial charge in [-0.2, -0.15) is 0 Å². The van der Waals surface area contributed by atoms with E-state index in [-0.39, 0.29) is 17.8 Å². The molecule has 0 aliphatic carbocycles. The Morgan fingerprint density at radius 2 is 1.96 bits per heavy atom. The number of pyridine rings is 1. The number of aromatic hydroxyl groups is 1. The van der Waals surface area contributed by atoms with Crippen molar-refractivity contribution in [2.75, 3.05) is 7.11 Å². The van der Waals surface area contributed by atoms with Crippen molar-refractivity contribution in [3.05, 3.63) is 67.5 Å². The molecule has 0 spiro atoms. The molecule has 1 N–H and O–H groups in total. The van der Waals surface area contributed by atoms with Crippen LogP contribution in [0.4, 0.5) is 5.69 Å². The summed E-state index contributed by atoms with van der Waals surface area (Å²) in [6.07, 6.45) is 0.381. The Balaban J connectivity index is 2.48. The highest BCUT2D eigenvalue weighted by Gasteiger charge is 2.21. The Kier molecular flexibility index (Phi) is 4.98. The van der Waals surface area contributed by atoms with Crippen LogP contribution in [0.5, 0.6) is 5.88 Å². The summed E-state index contributed by atoms with van der Waals surface area (Å²) in [5.74, 6) is -1.22. The van der Waals surface area contributed by atoms with Crippen molar-refractivity contribution in [2.45, 2.75) is 19.9 Å². The van der Waals surface area contributed by atoms with E-state index in [0.717, 1.165) is 4.57 Å². The first kappa shape index (κ1) is 17.2. The number of aromatic nitrogens is 1. The molecule has 1 aromatic carbocycles. The zero-order valence-electron chi connectivity index (χ0n) is 13.2. The minimum Gasteiger partial charge on any atom is -0.494 e. The van der Waals surface area contributed by atoms with E-state index in [0.29, 0.717) is 17.5 Å². The van der Waals surface area contributed by atoms with Gasteiger partial charge >= 0.3 is 5.97 Å². The minimum absolute atomic E-state index is 0.0311. The van der Waals surface area contributed by atoms with E-state index in [1.165, 1.54) is 37.4 Å². The second-order valence-electron chi connectivity index (χ2n) is 5.06. The number of esters is 1. The molecule has 0 atom stereocenters. The number of nitrogens with zero attached hydrogens (tertiary/aromatic N) is 2. The van der Waals surface area contributed by atoms with E-state index < -0.39 is 22.3 Å². The smallest absolute Gasteiger partial charge is 0.343 e. The van der Waals surface area contributed by atoms with Crippen LogP contribution < -0.4 is 5.56 Å². The lowest BCUT2D eigenvalue weighted by Crippen LogP contribution is -2.24. The van der Waals surface area contributed by atoms with Crippen LogP contribution in [0.25, 0.3) is 0 Å². The average Bonchev–Trinajstić information content (AvgIpc) is 2.57. The number of hydrogen-bond donors (Lipinski definition) is 1. The molecule has 0 unspecified atom stereocenters. The van der Waals surface area contributed by atoms with E-state index in [1.54, 1.807) is 6.92 Å². The van der Waals surface area contributed by atoms with Gasteiger partial charge in [0, 0.05) is 18.2 Å². The van der Waals surface area contributed by atoms with Crippen molar-refractivity contribution in [1.29, 1.82) is 0 Å². The average molecular weight is 332 g/mol. The van der Waals surface area contributed by atoms with Crippen LogP contribution in [-0.2, 0) is 17.7 Å². The number of methoxy groups -OCH3 is 1. The highest BCUT2D eigenvalue weighted by Crippen LogP contribution is 2.22. The topological polar surface area (TPSA) is 112 Å². The quantitative estimate of drug-likeness (QED) is 0.508. The summed E-state index contributed by atoms with van der Waals surface area (Å²) < 4.78 is 5.68. The van der Waals surface area contributed by atoms with Crippen LogP contribution in [0.15, 0.2) is 35.1 Å². The fourth-order valence-corrected chi connectivity index (χ4v) is 2.34. The third-order valence-corrected chi connectivity index (χ3v) is 3.62. The summed E-state index contributed by atoms with van der Waals surface area (Å²) in [4.78, 5) is 34.2. The monoisotopic (exact) mass is 332 g/mol. The Bertz CT molecular complexity index is 839. The zero-order valence-corrected chi connectivity index (χ0v) is 13.2. The largest absolute Gasteiger partial charge is 0.494 e. The third kappa shape index (κ3) is 3.27. The number of carbonyl (C=O) groups is 1. The predicted octanol–water partition coefficient (Wildman–Crippen LogP) is 1.86. The van der Waals surface area contributed by atoms with Crippen molar-refractivity contribution < 1.29 is 19.6 Å². The van der Waals surface area contributed by atoms with Gasteiger partial charge in [-0.1, -0.05) is 19.1 Å². The molecule has 0 amide bonds. The number of carbonyl (C=O) groups excluding carboxylic acids is 1. The molecular formula is C16H16N2O6. The molecule has 8 nitrogen and oxygen atoms in total. The molecule has 0 radical (unpaired) electrons. The van der Waals surface area contributed by atoms with Gasteiger partial charge in [0.2, 0.25) is 5.88 Å². The van der Waals surface area contributed by atoms with E-state index in [2.05, 4.69) is 4.74 Å². The van der Waals surface area contributed by atoms with Crippen LogP contribution in [0.3, 0.4) is 0 Å². The minimum atomic E-state index is -0.734. The Morgan fingerprint density at radius 1 is 1.33 bits per heavy atom. The number of aryl methyl sites for hydroxylation is 1. The lowest BCUT2D eigenvalue weighted by atomic mass is 10.1. The van der Waals surface area contributed by atoms with Gasteiger partial charge in [-0.05, 0) is 17.5 Å². The lowest BCUT2D eigenvalue weighted by Gasteiger charge is -2.14. The second-order valence-corrected chi connectivity index (χ2v) is 5.06. The van der Waals surface area contributed by atoms with Crippen molar-refractivity contribution in [3.8, 4) is 5.88 Å². The van der Waals surface area contributed by atoms with Crippen molar-refractivity contribution in [3.63, 3.8) is 0 Å². The summed E-state index contributed by atoms with van der Waals surface area (Å²) in [6, 6.07) is 6.85. The SMILES string of the molecule is CCc1cc(=O)n(Cc2ccc([N+](=O)[O-])cc2)c(O)c1C(=O)OC. The number of non-ortho nitro benzene ring substituents is 1. The molecule has 0 aliphatic heterocycles. The summed E-state index contributed by atoms with van der Waals surface area (Å²) >= 11 is 0. The molecule has 0 fully saturated rings. The number of hydrogen-bond acceptors (Lipinski definition) is 6. The fourth-order valence-electron chi connectivity index (χ4n) is 2.34. The van der Waals surface area contributed by atoms with E-state index in [9.17, 15) is 24.8 Å². The van der Waals surface area contributed by atoms with Crippen LogP contribution in [0.2, 0.25) is 0 Å². The number of rotatable bonds is 5. The van der Waals surface area contributed by atoms with Crippen LogP contribution in [0, 0.1) is 10.1 Å². The molecule has 0 saturated heterocycles. The molecule has 24 heavy (non-hydrogen) atoms. The zero-order chi connectivity index (χ0) is 17.9. The van der Waals surface area contributed by atoms with Crippen molar-refractivity contribution >= 4 is 11.7 Å². The van der Waals surface area contributed by atoms with Gasteiger partial charge in [0.1, 0.15) is 5.56 Å². The molecule has 1 aromatic heterocycles. The number of ether oxygens (including phenoxy) is 1. The Labute approximate surface area is 137 Å². The van der Waals surface area contributed by atoms with Crippen LogP contribution in [0.1, 0.15) is 28.4 Å².